The molecule has 3 aromatic heterocycles. The standard InChI is InChI=1S/C24H27F3N6O2.2CH4/c1-14-21-19(32(3)22(15(2)35-4)23(34)31-21)9-18(30-14)7-5-17-11-29-33(13-17)12-16-6-8-20(28-10-16)24(25,26)27;;/h6,8-11,13,15,22H,5,7,12H2,1-4H3,(H,31,34);2*1H4/t15-,22+;;/m1../s1. The average Bonchev–Trinajstić information content (AvgIpc) is 3.25. The minimum Gasteiger partial charge on any atom is -0.379 e. The molecule has 0 saturated heterocycles. The SMILES string of the molecule is C.C.CO[C@H](C)[C@H]1C(=O)Nc2c(cc(CCc3cnn(Cc4ccc(C(F)(F)F)nc4)c3)nc2C)N1C. The van der Waals surface area contributed by atoms with Crippen molar-refractivity contribution in [1.29, 1.82) is 0 Å². The number of aryl methyl sites for hydroxylation is 3. The molecule has 1 aliphatic heterocycles. The first-order chi connectivity index (χ1) is 16.6. The van der Waals surface area contributed by atoms with Crippen LogP contribution in [-0.4, -0.2) is 52.0 Å². The zero-order chi connectivity index (χ0) is 25.3. The molecule has 1 amide bonds. The zero-order valence-electron chi connectivity index (χ0n) is 19.9. The number of pyridine rings is 2. The average molecular weight is 521 g/mol. The molecule has 4 heterocycles. The number of hydrogen-bond acceptors (Lipinski definition) is 6. The van der Waals surface area contributed by atoms with Crippen molar-refractivity contribution in [1.82, 2.24) is 19.7 Å². The number of nitrogens with one attached hydrogen (secondary N) is 1. The maximum Gasteiger partial charge on any atom is 0.433 e. The van der Waals surface area contributed by atoms with Crippen molar-refractivity contribution in [2.75, 3.05) is 24.4 Å². The Morgan fingerprint density at radius 1 is 1.16 bits per heavy atom. The van der Waals surface area contributed by atoms with Crippen molar-refractivity contribution in [3.05, 3.63) is 65.0 Å². The Bertz CT molecular complexity index is 1210. The summed E-state index contributed by atoms with van der Waals surface area (Å²) in [6, 6.07) is 3.92. The maximum atomic E-state index is 12.7. The van der Waals surface area contributed by atoms with Crippen LogP contribution in [0.3, 0.4) is 0 Å². The fraction of sp³-hybridized carbons (Fsp3) is 0.462. The maximum absolute atomic E-state index is 12.7. The number of alkyl halides is 3. The second-order valence-corrected chi connectivity index (χ2v) is 8.67. The summed E-state index contributed by atoms with van der Waals surface area (Å²) in [6.07, 6.45) is 1.44. The first-order valence-corrected chi connectivity index (χ1v) is 11.2. The number of anilines is 2. The van der Waals surface area contributed by atoms with Crippen LogP contribution >= 0.6 is 0 Å². The van der Waals surface area contributed by atoms with E-state index in [0.717, 1.165) is 28.7 Å². The molecule has 0 radical (unpaired) electrons. The van der Waals surface area contributed by atoms with E-state index in [0.29, 0.717) is 30.6 Å². The van der Waals surface area contributed by atoms with Gasteiger partial charge in [0, 0.05) is 32.2 Å². The van der Waals surface area contributed by atoms with Crippen LogP contribution in [-0.2, 0) is 35.1 Å². The summed E-state index contributed by atoms with van der Waals surface area (Å²) in [5.74, 6) is -0.123. The molecule has 1 aliphatic rings. The number of hydrogen-bond donors (Lipinski definition) is 1. The van der Waals surface area contributed by atoms with Gasteiger partial charge in [-0.3, -0.25) is 19.4 Å². The monoisotopic (exact) mass is 520 g/mol. The molecule has 0 saturated carbocycles. The van der Waals surface area contributed by atoms with Crippen LogP contribution in [0, 0.1) is 6.92 Å². The number of carbonyl (C=O) groups excluding carboxylic acids is 1. The fourth-order valence-electron chi connectivity index (χ4n) is 4.23. The van der Waals surface area contributed by atoms with Gasteiger partial charge in [-0.05, 0) is 49.9 Å². The smallest absolute Gasteiger partial charge is 0.379 e. The highest BCUT2D eigenvalue weighted by atomic mass is 19.4. The molecule has 202 valence electrons. The number of ether oxygens (including phenoxy) is 1. The number of carbonyl (C=O) groups is 1. The summed E-state index contributed by atoms with van der Waals surface area (Å²) in [5, 5.41) is 7.28. The Kier molecular flexibility index (Phi) is 9.43. The fourth-order valence-corrected chi connectivity index (χ4v) is 4.23. The molecule has 0 bridgehead atoms. The van der Waals surface area contributed by atoms with Crippen LogP contribution < -0.4 is 10.2 Å². The molecule has 37 heavy (non-hydrogen) atoms. The molecular formula is C26H35F3N6O2. The first kappa shape index (κ1) is 29.8. The molecular weight excluding hydrogens is 485 g/mol. The van der Waals surface area contributed by atoms with Crippen LogP contribution in [0.2, 0.25) is 0 Å². The topological polar surface area (TPSA) is 85.2 Å². The summed E-state index contributed by atoms with van der Waals surface area (Å²) in [6.45, 7) is 4.05. The van der Waals surface area contributed by atoms with Crippen LogP contribution in [0.1, 0.15) is 50.0 Å². The number of rotatable bonds is 7. The van der Waals surface area contributed by atoms with Crippen LogP contribution in [0.25, 0.3) is 0 Å². The number of halogens is 3. The molecule has 2 atom stereocenters. The van der Waals surface area contributed by atoms with Crippen molar-refractivity contribution in [2.24, 2.45) is 0 Å². The second kappa shape index (κ2) is 11.7. The van der Waals surface area contributed by atoms with Gasteiger partial charge in [-0.25, -0.2) is 0 Å². The summed E-state index contributed by atoms with van der Waals surface area (Å²) in [4.78, 5) is 22.7. The van der Waals surface area contributed by atoms with Crippen LogP contribution in [0.4, 0.5) is 24.5 Å². The summed E-state index contributed by atoms with van der Waals surface area (Å²) < 4.78 is 45.1. The van der Waals surface area contributed by atoms with E-state index in [9.17, 15) is 18.0 Å². The third kappa shape index (κ3) is 6.46. The van der Waals surface area contributed by atoms with E-state index in [1.807, 2.05) is 38.1 Å². The van der Waals surface area contributed by atoms with Gasteiger partial charge in [0.15, 0.2) is 0 Å². The molecule has 0 spiro atoms. The highest BCUT2D eigenvalue weighted by Gasteiger charge is 2.36. The van der Waals surface area contributed by atoms with E-state index < -0.39 is 17.9 Å². The molecule has 11 heteroatoms. The number of amides is 1. The molecule has 1 N–H and O–H groups in total. The number of methoxy groups -OCH3 is 1. The minimum atomic E-state index is -4.45. The van der Waals surface area contributed by atoms with Crippen molar-refractivity contribution < 1.29 is 22.7 Å². The van der Waals surface area contributed by atoms with E-state index in [1.165, 1.54) is 12.3 Å². The lowest BCUT2D eigenvalue weighted by Gasteiger charge is -2.38. The van der Waals surface area contributed by atoms with Gasteiger partial charge in [0.1, 0.15) is 11.7 Å². The lowest BCUT2D eigenvalue weighted by Crippen LogP contribution is -2.52. The summed E-state index contributed by atoms with van der Waals surface area (Å²) >= 11 is 0. The lowest BCUT2D eigenvalue weighted by molar-refractivity contribution is -0.141. The van der Waals surface area contributed by atoms with Gasteiger partial charge in [0.05, 0.1) is 35.9 Å². The van der Waals surface area contributed by atoms with Crippen molar-refractivity contribution in [3.8, 4) is 0 Å². The van der Waals surface area contributed by atoms with Crippen molar-refractivity contribution in [3.63, 3.8) is 0 Å². The van der Waals surface area contributed by atoms with Gasteiger partial charge in [0.25, 0.3) is 0 Å². The second-order valence-electron chi connectivity index (χ2n) is 8.67. The van der Waals surface area contributed by atoms with Crippen molar-refractivity contribution >= 4 is 17.3 Å². The van der Waals surface area contributed by atoms with Gasteiger partial charge in [-0.15, -0.1) is 0 Å². The molecule has 0 aliphatic carbocycles. The number of fused-ring (bicyclic) bond motifs is 1. The predicted octanol–water partition coefficient (Wildman–Crippen LogP) is 4.90. The number of aromatic nitrogens is 4. The summed E-state index contributed by atoms with van der Waals surface area (Å²) in [5.41, 5.74) is 3.92. The first-order valence-electron chi connectivity index (χ1n) is 11.2. The Balaban J connectivity index is 0.00000241. The van der Waals surface area contributed by atoms with E-state index in [4.69, 9.17) is 4.74 Å². The zero-order valence-corrected chi connectivity index (χ0v) is 19.9. The Morgan fingerprint density at radius 3 is 2.51 bits per heavy atom. The van der Waals surface area contributed by atoms with Crippen LogP contribution in [0.15, 0.2) is 36.8 Å². The van der Waals surface area contributed by atoms with Crippen molar-refractivity contribution in [2.45, 2.75) is 66.4 Å². The largest absolute Gasteiger partial charge is 0.433 e. The Labute approximate surface area is 215 Å². The van der Waals surface area contributed by atoms with E-state index in [2.05, 4.69) is 20.4 Å². The molecule has 4 rings (SSSR count). The quantitative estimate of drug-likeness (QED) is 0.477. The van der Waals surface area contributed by atoms with E-state index in [1.54, 1.807) is 18.0 Å². The molecule has 3 aromatic rings. The Hall–Kier alpha value is -3.47. The Morgan fingerprint density at radius 2 is 1.89 bits per heavy atom. The van der Waals surface area contributed by atoms with Crippen LogP contribution in [0.5, 0.6) is 0 Å². The highest BCUT2D eigenvalue weighted by Crippen LogP contribution is 2.35. The molecule has 0 aromatic carbocycles. The lowest BCUT2D eigenvalue weighted by atomic mass is 10.0. The highest BCUT2D eigenvalue weighted by molar-refractivity contribution is 6.04. The third-order valence-electron chi connectivity index (χ3n) is 6.18. The van der Waals surface area contributed by atoms with Gasteiger partial charge in [0.2, 0.25) is 5.91 Å². The van der Waals surface area contributed by atoms with Gasteiger partial charge in [-0.2, -0.15) is 18.3 Å². The minimum absolute atomic E-state index is 0. The molecule has 0 unspecified atom stereocenters. The number of likely N-dealkylation sites (N-methyl/N-ethyl adjacent to an activating group) is 1. The molecule has 8 nitrogen and oxygen atoms in total. The van der Waals surface area contributed by atoms with Gasteiger partial charge < -0.3 is 15.0 Å². The third-order valence-corrected chi connectivity index (χ3v) is 6.18. The number of nitrogens with zero attached hydrogens (tertiary/aromatic N) is 5. The normalized spacial score (nSPS) is 15.8. The van der Waals surface area contributed by atoms with Gasteiger partial charge >= 0.3 is 6.18 Å². The van der Waals surface area contributed by atoms with E-state index in [-0.39, 0.29) is 26.9 Å². The van der Waals surface area contributed by atoms with E-state index >= 15 is 0 Å². The van der Waals surface area contributed by atoms with Gasteiger partial charge in [-0.1, -0.05) is 20.9 Å². The molecule has 0 fully saturated rings. The predicted molar refractivity (Wildman–Crippen MR) is 138 cm³/mol. The summed E-state index contributed by atoms with van der Waals surface area (Å²) in [7, 11) is 3.46.